The average Bonchev–Trinajstić information content (AvgIpc) is 3.00. The van der Waals surface area contributed by atoms with Crippen LogP contribution in [0, 0.1) is 0 Å². The number of rotatable bonds is 8. The monoisotopic (exact) mass is 330 g/mol. The van der Waals surface area contributed by atoms with Crippen LogP contribution in [0.2, 0.25) is 0 Å². The summed E-state index contributed by atoms with van der Waals surface area (Å²) >= 11 is 3.15. The van der Waals surface area contributed by atoms with E-state index in [9.17, 15) is 9.59 Å². The minimum atomic E-state index is -0.0407. The van der Waals surface area contributed by atoms with Gasteiger partial charge in [0.05, 0.1) is 5.25 Å². The van der Waals surface area contributed by atoms with E-state index in [4.69, 9.17) is 0 Å². The van der Waals surface area contributed by atoms with Gasteiger partial charge in [0.25, 0.3) is 0 Å². The molecule has 1 atom stereocenters. The number of thiophene rings is 1. The standard InChI is InChI=1S/C18H18O2S2/c1-2-8-21-17(13-20)10-14-3-5-15(6-4-14)11-18-16(12-19)7-9-22-18/h2-9,12-13,17H,10-11H2,1H3/b8-2-. The van der Waals surface area contributed by atoms with Crippen LogP contribution in [-0.4, -0.2) is 17.8 Å². The molecule has 0 saturated heterocycles. The van der Waals surface area contributed by atoms with Crippen LogP contribution in [0.5, 0.6) is 0 Å². The molecule has 1 aromatic heterocycles. The maximum atomic E-state index is 11.1. The van der Waals surface area contributed by atoms with E-state index in [0.29, 0.717) is 0 Å². The molecule has 0 saturated carbocycles. The summed E-state index contributed by atoms with van der Waals surface area (Å²) in [4.78, 5) is 23.1. The first-order valence-corrected chi connectivity index (χ1v) is 8.90. The van der Waals surface area contributed by atoms with E-state index in [-0.39, 0.29) is 5.25 Å². The Morgan fingerprint density at radius 1 is 1.14 bits per heavy atom. The van der Waals surface area contributed by atoms with Crippen LogP contribution in [0.25, 0.3) is 0 Å². The molecule has 0 radical (unpaired) electrons. The number of allylic oxidation sites excluding steroid dienone is 1. The number of carbonyl (C=O) groups excluding carboxylic acids is 2. The first-order chi connectivity index (χ1) is 10.8. The fraction of sp³-hybridized carbons (Fsp3) is 0.222. The predicted octanol–water partition coefficient (Wildman–Crippen LogP) is 4.53. The van der Waals surface area contributed by atoms with Crippen molar-refractivity contribution in [1.29, 1.82) is 0 Å². The molecule has 0 amide bonds. The van der Waals surface area contributed by atoms with E-state index in [2.05, 4.69) is 24.3 Å². The molecule has 0 aliphatic heterocycles. The Kier molecular flexibility index (Phi) is 6.62. The fourth-order valence-corrected chi connectivity index (χ4v) is 3.71. The summed E-state index contributed by atoms with van der Waals surface area (Å²) in [7, 11) is 0. The van der Waals surface area contributed by atoms with Crippen molar-refractivity contribution in [2.24, 2.45) is 0 Å². The first-order valence-electron chi connectivity index (χ1n) is 7.08. The van der Waals surface area contributed by atoms with Gasteiger partial charge in [-0.05, 0) is 41.3 Å². The van der Waals surface area contributed by atoms with Crippen molar-refractivity contribution in [2.75, 3.05) is 0 Å². The van der Waals surface area contributed by atoms with Gasteiger partial charge in [-0.25, -0.2) is 0 Å². The molecule has 114 valence electrons. The molecule has 0 aliphatic rings. The van der Waals surface area contributed by atoms with Crippen molar-refractivity contribution in [3.05, 3.63) is 68.8 Å². The normalized spacial score (nSPS) is 12.4. The predicted molar refractivity (Wildman–Crippen MR) is 94.9 cm³/mol. The zero-order chi connectivity index (χ0) is 15.8. The Morgan fingerprint density at radius 3 is 2.50 bits per heavy atom. The maximum absolute atomic E-state index is 11.1. The summed E-state index contributed by atoms with van der Waals surface area (Å²) in [6.45, 7) is 1.95. The largest absolute Gasteiger partial charge is 0.302 e. The highest BCUT2D eigenvalue weighted by Gasteiger charge is 2.08. The number of hydrogen-bond donors (Lipinski definition) is 0. The summed E-state index contributed by atoms with van der Waals surface area (Å²) in [6, 6.07) is 10.1. The van der Waals surface area contributed by atoms with E-state index in [0.717, 1.165) is 41.4 Å². The second-order valence-corrected chi connectivity index (χ2v) is 7.04. The van der Waals surface area contributed by atoms with Crippen LogP contribution >= 0.6 is 23.1 Å². The molecular formula is C18H18O2S2. The molecular weight excluding hydrogens is 312 g/mol. The molecule has 2 rings (SSSR count). The number of hydrogen-bond acceptors (Lipinski definition) is 4. The van der Waals surface area contributed by atoms with Crippen LogP contribution in [-0.2, 0) is 17.6 Å². The third-order valence-electron chi connectivity index (χ3n) is 3.27. The van der Waals surface area contributed by atoms with Crippen LogP contribution in [0.4, 0.5) is 0 Å². The molecule has 22 heavy (non-hydrogen) atoms. The van der Waals surface area contributed by atoms with Gasteiger partial charge in [0.15, 0.2) is 6.29 Å². The SMILES string of the molecule is C/C=C\SC(C=O)Cc1ccc(Cc2sccc2C=O)cc1. The summed E-state index contributed by atoms with van der Waals surface area (Å²) in [5.74, 6) is 0. The lowest BCUT2D eigenvalue weighted by molar-refractivity contribution is -0.107. The van der Waals surface area contributed by atoms with Crippen molar-refractivity contribution < 1.29 is 9.59 Å². The van der Waals surface area contributed by atoms with Gasteiger partial charge >= 0.3 is 0 Å². The van der Waals surface area contributed by atoms with Gasteiger partial charge in [0, 0.05) is 16.9 Å². The molecule has 1 aromatic carbocycles. The summed E-state index contributed by atoms with van der Waals surface area (Å²) in [5.41, 5.74) is 3.11. The molecule has 2 nitrogen and oxygen atoms in total. The third kappa shape index (κ3) is 4.68. The molecule has 2 aromatic rings. The molecule has 0 fully saturated rings. The highest BCUT2D eigenvalue weighted by Crippen LogP contribution is 2.21. The Hall–Kier alpha value is -1.65. The smallest absolute Gasteiger partial charge is 0.151 e. The lowest BCUT2D eigenvalue weighted by Crippen LogP contribution is -2.07. The zero-order valence-electron chi connectivity index (χ0n) is 12.4. The number of benzene rings is 1. The molecule has 0 spiro atoms. The summed E-state index contributed by atoms with van der Waals surface area (Å²) in [5, 5.41) is 3.85. The van der Waals surface area contributed by atoms with E-state index in [1.165, 1.54) is 5.56 Å². The Labute approximate surface area is 139 Å². The first kappa shape index (κ1) is 16.7. The van der Waals surface area contributed by atoms with E-state index < -0.39 is 0 Å². The molecule has 0 aliphatic carbocycles. The number of aldehydes is 2. The Balaban J connectivity index is 2.00. The second-order valence-electron chi connectivity index (χ2n) is 4.89. The van der Waals surface area contributed by atoms with Crippen molar-refractivity contribution >= 4 is 35.7 Å². The number of thioether (sulfide) groups is 1. The van der Waals surface area contributed by atoms with Crippen molar-refractivity contribution in [1.82, 2.24) is 0 Å². The van der Waals surface area contributed by atoms with E-state index in [1.54, 1.807) is 23.1 Å². The molecule has 4 heteroatoms. The van der Waals surface area contributed by atoms with Crippen LogP contribution in [0.3, 0.4) is 0 Å². The second kappa shape index (κ2) is 8.71. The fourth-order valence-electron chi connectivity index (χ4n) is 2.12. The average molecular weight is 330 g/mol. The molecule has 0 N–H and O–H groups in total. The lowest BCUT2D eigenvalue weighted by Gasteiger charge is -2.08. The molecule has 1 unspecified atom stereocenters. The van der Waals surface area contributed by atoms with Gasteiger partial charge in [-0.15, -0.1) is 23.1 Å². The lowest BCUT2D eigenvalue weighted by atomic mass is 10.0. The van der Waals surface area contributed by atoms with Gasteiger partial charge in [-0.3, -0.25) is 4.79 Å². The van der Waals surface area contributed by atoms with Crippen LogP contribution in [0.1, 0.15) is 33.3 Å². The van der Waals surface area contributed by atoms with Crippen molar-refractivity contribution in [2.45, 2.75) is 25.0 Å². The topological polar surface area (TPSA) is 34.1 Å². The quantitative estimate of drug-likeness (QED) is 0.667. The van der Waals surface area contributed by atoms with Gasteiger partial charge in [0.2, 0.25) is 0 Å². The molecule has 0 bridgehead atoms. The minimum absolute atomic E-state index is 0.0407. The van der Waals surface area contributed by atoms with Crippen molar-refractivity contribution in [3.63, 3.8) is 0 Å². The van der Waals surface area contributed by atoms with Crippen LogP contribution in [0.15, 0.2) is 47.2 Å². The van der Waals surface area contributed by atoms with Gasteiger partial charge < -0.3 is 4.79 Å². The van der Waals surface area contributed by atoms with E-state index >= 15 is 0 Å². The zero-order valence-corrected chi connectivity index (χ0v) is 14.0. The minimum Gasteiger partial charge on any atom is -0.302 e. The van der Waals surface area contributed by atoms with Gasteiger partial charge in [0.1, 0.15) is 6.29 Å². The van der Waals surface area contributed by atoms with Gasteiger partial charge in [-0.1, -0.05) is 30.3 Å². The Bertz CT molecular complexity index is 641. The number of carbonyl (C=O) groups is 2. The van der Waals surface area contributed by atoms with Crippen molar-refractivity contribution in [3.8, 4) is 0 Å². The van der Waals surface area contributed by atoms with E-state index in [1.807, 2.05) is 29.9 Å². The van der Waals surface area contributed by atoms with Gasteiger partial charge in [-0.2, -0.15) is 0 Å². The summed E-state index contributed by atoms with van der Waals surface area (Å²) < 4.78 is 0. The highest BCUT2D eigenvalue weighted by atomic mass is 32.2. The maximum Gasteiger partial charge on any atom is 0.151 e. The highest BCUT2D eigenvalue weighted by molar-refractivity contribution is 8.03. The third-order valence-corrected chi connectivity index (χ3v) is 5.27. The Morgan fingerprint density at radius 2 is 1.86 bits per heavy atom. The summed E-state index contributed by atoms with van der Waals surface area (Å²) in [6.07, 6.45) is 5.36. The van der Waals surface area contributed by atoms with Crippen LogP contribution < -0.4 is 0 Å². The molecule has 1 heterocycles.